The SMILES string of the molecule is COc1cccc(CC[C@@H]2CCCN(C(=O)CSc3ccncc3)C2)c1. The van der Waals surface area contributed by atoms with E-state index in [1.54, 1.807) is 31.3 Å². The first-order chi connectivity index (χ1) is 12.7. The molecule has 26 heavy (non-hydrogen) atoms. The lowest BCUT2D eigenvalue weighted by atomic mass is 9.91. The van der Waals surface area contributed by atoms with Crippen LogP contribution in [0.25, 0.3) is 0 Å². The summed E-state index contributed by atoms with van der Waals surface area (Å²) in [5.41, 5.74) is 1.31. The van der Waals surface area contributed by atoms with Gasteiger partial charge in [-0.2, -0.15) is 0 Å². The minimum atomic E-state index is 0.248. The summed E-state index contributed by atoms with van der Waals surface area (Å²) in [5, 5.41) is 0. The topological polar surface area (TPSA) is 42.4 Å². The van der Waals surface area contributed by atoms with Crippen molar-refractivity contribution in [3.8, 4) is 5.75 Å². The summed E-state index contributed by atoms with van der Waals surface area (Å²) in [4.78, 5) is 19.7. The number of hydrogen-bond donors (Lipinski definition) is 0. The number of ether oxygens (including phenoxy) is 1. The molecule has 1 aromatic heterocycles. The molecule has 2 aromatic rings. The van der Waals surface area contributed by atoms with E-state index in [0.29, 0.717) is 11.7 Å². The fourth-order valence-corrected chi connectivity index (χ4v) is 4.18. The molecule has 0 N–H and O–H groups in total. The van der Waals surface area contributed by atoms with Gasteiger partial charge in [0.15, 0.2) is 0 Å². The third kappa shape index (κ3) is 5.49. The Morgan fingerprint density at radius 1 is 1.31 bits per heavy atom. The summed E-state index contributed by atoms with van der Waals surface area (Å²) >= 11 is 1.59. The average molecular weight is 371 g/mol. The molecular weight excluding hydrogens is 344 g/mol. The minimum Gasteiger partial charge on any atom is -0.497 e. The predicted octanol–water partition coefficient (Wildman–Crippen LogP) is 4.05. The largest absolute Gasteiger partial charge is 0.497 e. The summed E-state index contributed by atoms with van der Waals surface area (Å²) in [6.45, 7) is 1.78. The fraction of sp³-hybridized carbons (Fsp3) is 0.429. The lowest BCUT2D eigenvalue weighted by molar-refractivity contribution is -0.130. The Labute approximate surface area is 160 Å². The monoisotopic (exact) mass is 370 g/mol. The van der Waals surface area contributed by atoms with Gasteiger partial charge >= 0.3 is 0 Å². The molecule has 0 aliphatic carbocycles. The number of methoxy groups -OCH3 is 1. The van der Waals surface area contributed by atoms with Crippen LogP contribution in [0.5, 0.6) is 5.75 Å². The van der Waals surface area contributed by atoms with Gasteiger partial charge < -0.3 is 9.64 Å². The van der Waals surface area contributed by atoms with E-state index < -0.39 is 0 Å². The Balaban J connectivity index is 1.46. The van der Waals surface area contributed by atoms with Crippen LogP contribution in [0.1, 0.15) is 24.8 Å². The van der Waals surface area contributed by atoms with E-state index in [0.717, 1.165) is 43.0 Å². The van der Waals surface area contributed by atoms with Crippen molar-refractivity contribution in [2.24, 2.45) is 5.92 Å². The number of amides is 1. The number of piperidine rings is 1. The van der Waals surface area contributed by atoms with Crippen LogP contribution in [-0.2, 0) is 11.2 Å². The van der Waals surface area contributed by atoms with E-state index in [1.807, 2.05) is 29.2 Å². The molecular formula is C21H26N2O2S. The smallest absolute Gasteiger partial charge is 0.232 e. The zero-order valence-corrected chi connectivity index (χ0v) is 16.1. The third-order valence-electron chi connectivity index (χ3n) is 4.86. The molecule has 0 bridgehead atoms. The van der Waals surface area contributed by atoms with Crippen LogP contribution < -0.4 is 4.74 Å². The molecule has 4 nitrogen and oxygen atoms in total. The van der Waals surface area contributed by atoms with E-state index in [1.165, 1.54) is 12.0 Å². The molecule has 1 aliphatic heterocycles. The number of likely N-dealkylation sites (tertiary alicyclic amines) is 1. The third-order valence-corrected chi connectivity index (χ3v) is 5.86. The molecule has 2 heterocycles. The molecule has 0 spiro atoms. The fourth-order valence-electron chi connectivity index (χ4n) is 3.40. The van der Waals surface area contributed by atoms with Gasteiger partial charge in [0.2, 0.25) is 5.91 Å². The number of rotatable bonds is 7. The van der Waals surface area contributed by atoms with Crippen LogP contribution in [0.4, 0.5) is 0 Å². The van der Waals surface area contributed by atoms with Gasteiger partial charge in [0.1, 0.15) is 5.75 Å². The second-order valence-electron chi connectivity index (χ2n) is 6.71. The molecule has 0 saturated carbocycles. The van der Waals surface area contributed by atoms with Crippen molar-refractivity contribution in [3.63, 3.8) is 0 Å². The summed E-state index contributed by atoms with van der Waals surface area (Å²) < 4.78 is 5.30. The average Bonchev–Trinajstić information content (AvgIpc) is 2.71. The maximum absolute atomic E-state index is 12.5. The van der Waals surface area contributed by atoms with Crippen LogP contribution in [0, 0.1) is 5.92 Å². The van der Waals surface area contributed by atoms with Crippen molar-refractivity contribution in [3.05, 3.63) is 54.4 Å². The van der Waals surface area contributed by atoms with Gasteiger partial charge in [0, 0.05) is 30.4 Å². The molecule has 1 aromatic carbocycles. The second-order valence-corrected chi connectivity index (χ2v) is 7.76. The van der Waals surface area contributed by atoms with Gasteiger partial charge in [-0.1, -0.05) is 12.1 Å². The number of carbonyl (C=O) groups excluding carboxylic acids is 1. The Morgan fingerprint density at radius 2 is 2.15 bits per heavy atom. The van der Waals surface area contributed by atoms with Crippen molar-refractivity contribution in [1.29, 1.82) is 0 Å². The number of benzene rings is 1. The minimum absolute atomic E-state index is 0.248. The quantitative estimate of drug-likeness (QED) is 0.690. The van der Waals surface area contributed by atoms with Crippen molar-refractivity contribution in [2.75, 3.05) is 26.0 Å². The highest BCUT2D eigenvalue weighted by Gasteiger charge is 2.23. The molecule has 138 valence electrons. The number of carbonyl (C=O) groups is 1. The number of pyridine rings is 1. The summed E-state index contributed by atoms with van der Waals surface area (Å²) in [6, 6.07) is 12.2. The summed E-state index contributed by atoms with van der Waals surface area (Å²) in [6.07, 6.45) is 8.01. The van der Waals surface area contributed by atoms with Crippen LogP contribution in [-0.4, -0.2) is 41.7 Å². The first-order valence-corrected chi connectivity index (χ1v) is 10.2. The second kappa shape index (κ2) is 9.62. The number of aromatic nitrogens is 1. The van der Waals surface area contributed by atoms with Crippen molar-refractivity contribution in [2.45, 2.75) is 30.6 Å². The maximum atomic E-state index is 12.5. The van der Waals surface area contributed by atoms with E-state index in [2.05, 4.69) is 17.1 Å². The molecule has 0 radical (unpaired) electrons. The van der Waals surface area contributed by atoms with Gasteiger partial charge in [0.25, 0.3) is 0 Å². The molecule has 1 saturated heterocycles. The van der Waals surface area contributed by atoms with Crippen molar-refractivity contribution in [1.82, 2.24) is 9.88 Å². The van der Waals surface area contributed by atoms with E-state index in [4.69, 9.17) is 4.74 Å². The zero-order chi connectivity index (χ0) is 18.2. The zero-order valence-electron chi connectivity index (χ0n) is 15.3. The van der Waals surface area contributed by atoms with Gasteiger partial charge in [-0.05, 0) is 61.4 Å². The first-order valence-electron chi connectivity index (χ1n) is 9.18. The Morgan fingerprint density at radius 3 is 2.96 bits per heavy atom. The van der Waals surface area contributed by atoms with Crippen LogP contribution in [0.2, 0.25) is 0 Å². The van der Waals surface area contributed by atoms with Gasteiger partial charge in [-0.15, -0.1) is 11.8 Å². The normalized spacial score (nSPS) is 17.1. The lowest BCUT2D eigenvalue weighted by Crippen LogP contribution is -2.41. The predicted molar refractivity (Wildman–Crippen MR) is 106 cm³/mol. The highest BCUT2D eigenvalue weighted by molar-refractivity contribution is 8.00. The maximum Gasteiger partial charge on any atom is 0.232 e. The molecule has 1 amide bonds. The number of thioether (sulfide) groups is 1. The number of hydrogen-bond acceptors (Lipinski definition) is 4. The molecule has 1 fully saturated rings. The van der Waals surface area contributed by atoms with E-state index >= 15 is 0 Å². The molecule has 1 atom stereocenters. The lowest BCUT2D eigenvalue weighted by Gasteiger charge is -2.33. The number of aryl methyl sites for hydroxylation is 1. The van der Waals surface area contributed by atoms with Crippen molar-refractivity contribution < 1.29 is 9.53 Å². The molecule has 1 aliphatic rings. The van der Waals surface area contributed by atoms with Crippen LogP contribution in [0.3, 0.4) is 0 Å². The van der Waals surface area contributed by atoms with Crippen LogP contribution in [0.15, 0.2) is 53.7 Å². The summed E-state index contributed by atoms with van der Waals surface area (Å²) in [5.74, 6) is 2.26. The van der Waals surface area contributed by atoms with Crippen molar-refractivity contribution >= 4 is 17.7 Å². The molecule has 5 heteroatoms. The first kappa shape index (κ1) is 18.8. The summed E-state index contributed by atoms with van der Waals surface area (Å²) in [7, 11) is 1.70. The standard InChI is InChI=1S/C21H26N2O2S/c1-25-19-6-2-4-17(14-19)7-8-18-5-3-13-23(15-18)21(24)16-26-20-9-11-22-12-10-20/h2,4,6,9-12,14,18H,3,5,7-8,13,15-16H2,1H3/t18-/m0/s1. The molecule has 0 unspecified atom stereocenters. The number of nitrogens with zero attached hydrogens (tertiary/aromatic N) is 2. The Hall–Kier alpha value is -2.01. The van der Waals surface area contributed by atoms with Gasteiger partial charge in [0.05, 0.1) is 12.9 Å². The van der Waals surface area contributed by atoms with Gasteiger partial charge in [-0.25, -0.2) is 0 Å². The van der Waals surface area contributed by atoms with Crippen LogP contribution >= 0.6 is 11.8 Å². The Kier molecular flexibility index (Phi) is 6.95. The van der Waals surface area contributed by atoms with E-state index in [9.17, 15) is 4.79 Å². The highest BCUT2D eigenvalue weighted by atomic mass is 32.2. The Bertz CT molecular complexity index is 708. The molecule has 3 rings (SSSR count). The highest BCUT2D eigenvalue weighted by Crippen LogP contribution is 2.24. The van der Waals surface area contributed by atoms with Gasteiger partial charge in [-0.3, -0.25) is 9.78 Å². The van der Waals surface area contributed by atoms with E-state index in [-0.39, 0.29) is 5.91 Å².